The zero-order valence-electron chi connectivity index (χ0n) is 32.1. The van der Waals surface area contributed by atoms with Gasteiger partial charge in [-0.2, -0.15) is 0 Å². The largest absolute Gasteiger partial charge is 0.462 e. The summed E-state index contributed by atoms with van der Waals surface area (Å²) < 4.78 is 11.8. The van der Waals surface area contributed by atoms with Crippen molar-refractivity contribution in [2.24, 2.45) is 51.2 Å². The molecular weight excluding hydrogens is 634 g/mol. The lowest BCUT2D eigenvalue weighted by Crippen LogP contribution is -2.64. The van der Waals surface area contributed by atoms with E-state index in [1.807, 2.05) is 6.92 Å². The van der Waals surface area contributed by atoms with Gasteiger partial charge in [0.2, 0.25) is 5.89 Å². The molecular formula is C40H61N3O7. The topological polar surface area (TPSA) is 149 Å². The second-order valence-electron chi connectivity index (χ2n) is 18.1. The average molecular weight is 696 g/mol. The second kappa shape index (κ2) is 13.6. The van der Waals surface area contributed by atoms with Gasteiger partial charge in [0.05, 0.1) is 12.0 Å². The maximum atomic E-state index is 13.8. The molecule has 0 aliphatic heterocycles. The molecule has 0 aromatic carbocycles. The van der Waals surface area contributed by atoms with Crippen LogP contribution in [0.4, 0.5) is 0 Å². The number of allylic oxidation sites excluding steroid dienone is 1. The number of hydrogen-bond acceptors (Lipinski definition) is 9. The number of aliphatic hydroxyl groups is 1. The first-order valence-corrected chi connectivity index (χ1v) is 19.0. The number of ether oxygens (including phenoxy) is 1. The van der Waals surface area contributed by atoms with Crippen LogP contribution in [0.3, 0.4) is 0 Å². The van der Waals surface area contributed by atoms with Crippen molar-refractivity contribution < 1.29 is 33.4 Å². The molecule has 278 valence electrons. The van der Waals surface area contributed by atoms with Crippen LogP contribution in [0.25, 0.3) is 0 Å². The van der Waals surface area contributed by atoms with Gasteiger partial charge in [0.15, 0.2) is 5.78 Å². The zero-order chi connectivity index (χ0) is 37.0. The monoisotopic (exact) mass is 695 g/mol. The van der Waals surface area contributed by atoms with Crippen molar-refractivity contribution in [3.8, 4) is 0 Å². The minimum absolute atomic E-state index is 0.0357. The minimum atomic E-state index is -0.726. The van der Waals surface area contributed by atoms with Crippen LogP contribution >= 0.6 is 0 Å². The fraction of sp³-hybridized carbons (Fsp3) is 0.800. The molecule has 0 saturated heterocycles. The quantitative estimate of drug-likeness (QED) is 0.220. The number of nitrogens with zero attached hydrogens (tertiary/aromatic N) is 2. The summed E-state index contributed by atoms with van der Waals surface area (Å²) in [4.78, 5) is 51.8. The van der Waals surface area contributed by atoms with E-state index in [0.29, 0.717) is 36.5 Å². The van der Waals surface area contributed by atoms with Crippen LogP contribution < -0.4 is 5.32 Å². The fourth-order valence-corrected chi connectivity index (χ4v) is 12.0. The van der Waals surface area contributed by atoms with Crippen molar-refractivity contribution in [3.63, 3.8) is 0 Å². The molecule has 0 radical (unpaired) electrons. The maximum absolute atomic E-state index is 13.8. The molecule has 1 aromatic heterocycles. The minimum Gasteiger partial charge on any atom is -0.462 e. The predicted octanol–water partition coefficient (Wildman–Crippen LogP) is 6.84. The normalized spacial score (nSPS) is 35.9. The van der Waals surface area contributed by atoms with Crippen molar-refractivity contribution in [2.75, 3.05) is 7.11 Å². The third-order valence-electron chi connectivity index (χ3n) is 14.0. The molecule has 1 aromatic rings. The summed E-state index contributed by atoms with van der Waals surface area (Å²) in [6.45, 7) is 19.3. The summed E-state index contributed by atoms with van der Waals surface area (Å²) in [5.41, 5.74) is 0.692. The molecule has 6 rings (SSSR count). The number of Topliss-reactive ketones (excluding diaryl/α,β-unsaturated/α-hetero) is 1. The second-order valence-corrected chi connectivity index (χ2v) is 18.1. The van der Waals surface area contributed by atoms with Crippen molar-refractivity contribution in [1.29, 1.82) is 0 Å². The Morgan fingerprint density at radius 3 is 2.30 bits per heavy atom. The van der Waals surface area contributed by atoms with Gasteiger partial charge in [0, 0.05) is 30.8 Å². The lowest BCUT2D eigenvalue weighted by Gasteiger charge is -2.68. The lowest BCUT2D eigenvalue weighted by atomic mass is 9.37. The van der Waals surface area contributed by atoms with Crippen LogP contribution in [0.5, 0.6) is 0 Å². The van der Waals surface area contributed by atoms with Crippen LogP contribution in [0.2, 0.25) is 0 Å². The van der Waals surface area contributed by atoms with Gasteiger partial charge in [-0.15, -0.1) is 10.2 Å². The molecule has 8 atom stereocenters. The van der Waals surface area contributed by atoms with Crippen LogP contribution in [-0.4, -0.2) is 58.0 Å². The van der Waals surface area contributed by atoms with E-state index in [4.69, 9.17) is 14.3 Å². The number of aromatic nitrogens is 2. The molecule has 10 heteroatoms. The molecule has 5 aliphatic rings. The van der Waals surface area contributed by atoms with Crippen molar-refractivity contribution >= 4 is 23.9 Å². The van der Waals surface area contributed by atoms with E-state index in [9.17, 15) is 19.2 Å². The Kier molecular flexibility index (Phi) is 10.4. The van der Waals surface area contributed by atoms with E-state index in [0.717, 1.165) is 70.3 Å². The van der Waals surface area contributed by atoms with Gasteiger partial charge < -0.3 is 24.4 Å². The molecule has 2 N–H and O–H groups in total. The number of ketones is 1. The highest BCUT2D eigenvalue weighted by Gasteiger charge is 2.67. The highest BCUT2D eigenvalue weighted by Crippen LogP contribution is 2.72. The first-order valence-electron chi connectivity index (χ1n) is 19.0. The predicted molar refractivity (Wildman–Crippen MR) is 189 cm³/mol. The number of esters is 1. The Morgan fingerprint density at radius 2 is 1.68 bits per heavy atom. The number of fused-ring (bicyclic) bond motifs is 7. The summed E-state index contributed by atoms with van der Waals surface area (Å²) in [6.07, 6.45) is 9.42. The fourth-order valence-electron chi connectivity index (χ4n) is 12.0. The van der Waals surface area contributed by atoms with Gasteiger partial charge in [-0.25, -0.2) is 0 Å². The lowest BCUT2D eigenvalue weighted by molar-refractivity contribution is -0.213. The molecule has 4 saturated carbocycles. The number of aldehydes is 1. The molecule has 4 fully saturated rings. The van der Waals surface area contributed by atoms with Gasteiger partial charge in [0.1, 0.15) is 12.4 Å². The number of aryl methyl sites for hydroxylation is 1. The maximum Gasteiger partial charge on any atom is 0.309 e. The number of carbonyl (C=O) groups is 4. The van der Waals surface area contributed by atoms with E-state index < -0.39 is 16.9 Å². The van der Waals surface area contributed by atoms with Gasteiger partial charge in [-0.3, -0.25) is 14.4 Å². The third-order valence-corrected chi connectivity index (χ3v) is 14.0. The van der Waals surface area contributed by atoms with Crippen LogP contribution in [0.15, 0.2) is 15.6 Å². The highest BCUT2D eigenvalue weighted by molar-refractivity contribution is 6.03. The first kappa shape index (κ1) is 38.4. The summed E-state index contributed by atoms with van der Waals surface area (Å²) in [6, 6.07) is 0. The highest BCUT2D eigenvalue weighted by atomic mass is 16.5. The standard InChI is InChI=1S/C39H57N3O6.CH4O/c1-10-29-41-42-34(48-29)33(46)40-39-18-13-24-23(32(39)31(22(2)3)25(44)19-39)11-12-27-37(24,8)16-14-26-36(6,7)28(15-17-38(26,27)9)47-30(45)20-35(4,5)21-43;1-2/h21-24,26-28H,10-20H2,1-9H3,(H,40,46);2H,1H3. The summed E-state index contributed by atoms with van der Waals surface area (Å²) >= 11 is 0. The van der Waals surface area contributed by atoms with E-state index >= 15 is 0 Å². The van der Waals surface area contributed by atoms with E-state index in [1.54, 1.807) is 13.8 Å². The van der Waals surface area contributed by atoms with Crippen molar-refractivity contribution in [2.45, 2.75) is 145 Å². The smallest absolute Gasteiger partial charge is 0.309 e. The van der Waals surface area contributed by atoms with Gasteiger partial charge in [-0.1, -0.05) is 62.3 Å². The Bertz CT molecular complexity index is 1530. The summed E-state index contributed by atoms with van der Waals surface area (Å²) in [5.74, 6) is 1.55. The van der Waals surface area contributed by atoms with E-state index in [-0.39, 0.29) is 58.2 Å². The molecule has 8 unspecified atom stereocenters. The molecule has 10 nitrogen and oxygen atoms in total. The molecule has 1 amide bonds. The Balaban J connectivity index is 0.00000239. The Hall–Kier alpha value is -2.88. The summed E-state index contributed by atoms with van der Waals surface area (Å²) in [7, 11) is 1.00. The van der Waals surface area contributed by atoms with Crippen LogP contribution in [-0.2, 0) is 25.5 Å². The molecule has 50 heavy (non-hydrogen) atoms. The Labute approximate surface area is 298 Å². The molecule has 1 heterocycles. The van der Waals surface area contributed by atoms with Crippen molar-refractivity contribution in [1.82, 2.24) is 15.5 Å². The molecule has 5 aliphatic carbocycles. The van der Waals surface area contributed by atoms with E-state index in [2.05, 4.69) is 57.1 Å². The molecule has 0 bridgehead atoms. The number of hydrogen-bond donors (Lipinski definition) is 2. The number of rotatable bonds is 8. The first-order chi connectivity index (χ1) is 23.4. The van der Waals surface area contributed by atoms with E-state index in [1.165, 1.54) is 5.57 Å². The van der Waals surface area contributed by atoms with Crippen LogP contribution in [0.1, 0.15) is 143 Å². The number of nitrogens with one attached hydrogen (secondary N) is 1. The summed E-state index contributed by atoms with van der Waals surface area (Å²) in [5, 5.41) is 18.3. The number of amides is 1. The number of aliphatic hydroxyl groups excluding tert-OH is 1. The zero-order valence-corrected chi connectivity index (χ0v) is 32.1. The van der Waals surface area contributed by atoms with Gasteiger partial charge in [0.25, 0.3) is 0 Å². The van der Waals surface area contributed by atoms with Crippen LogP contribution in [0, 0.1) is 51.2 Å². The number of carbonyl (C=O) groups excluding carboxylic acids is 4. The Morgan fingerprint density at radius 1 is 1.00 bits per heavy atom. The molecule has 0 spiro atoms. The van der Waals surface area contributed by atoms with Crippen molar-refractivity contribution in [3.05, 3.63) is 22.9 Å². The van der Waals surface area contributed by atoms with Gasteiger partial charge in [-0.05, 0) is 103 Å². The SMILES string of the molecule is CCc1nnc(C(=O)NC23CCC4C(CCC5C4(C)CCC4C(C)(C)C(OC(=O)CC(C)(C)C=O)CCC45C)C2=C(C(C)C)C(=O)C3)o1.CO. The third kappa shape index (κ3) is 6.19. The van der Waals surface area contributed by atoms with Gasteiger partial charge >= 0.3 is 17.8 Å². The average Bonchev–Trinajstić information content (AvgIpc) is 3.65.